The van der Waals surface area contributed by atoms with Crippen LogP contribution in [0.2, 0.25) is 5.15 Å². The van der Waals surface area contributed by atoms with Crippen LogP contribution in [0, 0.1) is 0 Å². The molecule has 5 nitrogen and oxygen atoms in total. The molecule has 0 amide bonds. The number of rotatable bonds is 3. The summed E-state index contributed by atoms with van der Waals surface area (Å²) in [5.74, 6) is 1.06. The van der Waals surface area contributed by atoms with Crippen LogP contribution in [0.25, 0.3) is 5.65 Å². The van der Waals surface area contributed by atoms with Crippen LogP contribution >= 0.6 is 11.6 Å². The molecule has 1 fully saturated rings. The molecule has 0 bridgehead atoms. The fourth-order valence-electron chi connectivity index (χ4n) is 3.27. The zero-order valence-electron chi connectivity index (χ0n) is 13.0. The molecule has 1 atom stereocenters. The van der Waals surface area contributed by atoms with Crippen molar-refractivity contribution in [1.29, 1.82) is 0 Å². The largest absolute Gasteiger partial charge is 0.354 e. The van der Waals surface area contributed by atoms with Gasteiger partial charge in [0.2, 0.25) is 0 Å². The van der Waals surface area contributed by atoms with Gasteiger partial charge in [-0.15, -0.1) is 0 Å². The first-order valence-electron chi connectivity index (χ1n) is 7.92. The molecule has 3 aromatic rings. The van der Waals surface area contributed by atoms with Gasteiger partial charge in [-0.05, 0) is 38.0 Å². The summed E-state index contributed by atoms with van der Waals surface area (Å²) in [6, 6.07) is 8.66. The van der Waals surface area contributed by atoms with Crippen LogP contribution in [-0.4, -0.2) is 32.2 Å². The highest BCUT2D eigenvalue weighted by Gasteiger charge is 2.21. The predicted molar refractivity (Wildman–Crippen MR) is 91.1 cm³/mol. The fraction of sp³-hybridized carbons (Fsp3) is 0.353. The molecule has 118 valence electrons. The predicted octanol–water partition coefficient (Wildman–Crippen LogP) is 3.36. The second-order valence-electron chi connectivity index (χ2n) is 6.04. The van der Waals surface area contributed by atoms with E-state index in [1.54, 1.807) is 16.9 Å². The summed E-state index contributed by atoms with van der Waals surface area (Å²) in [5.41, 5.74) is 2.89. The number of anilines is 1. The Labute approximate surface area is 139 Å². The summed E-state index contributed by atoms with van der Waals surface area (Å²) in [5, 5.41) is 4.69. The number of hydrogen-bond acceptors (Lipinski definition) is 4. The summed E-state index contributed by atoms with van der Waals surface area (Å²) in [6.45, 7) is 3.35. The second-order valence-corrected chi connectivity index (χ2v) is 6.42. The van der Waals surface area contributed by atoms with Gasteiger partial charge in [0, 0.05) is 42.7 Å². The normalized spacial score (nSPS) is 18.0. The van der Waals surface area contributed by atoms with Crippen LogP contribution in [0.4, 0.5) is 5.82 Å². The van der Waals surface area contributed by atoms with Gasteiger partial charge in [-0.3, -0.25) is 0 Å². The summed E-state index contributed by atoms with van der Waals surface area (Å²) < 4.78 is 1.71. The minimum atomic E-state index is 0.467. The van der Waals surface area contributed by atoms with Gasteiger partial charge in [0.1, 0.15) is 11.0 Å². The van der Waals surface area contributed by atoms with Crippen LogP contribution in [0.15, 0.2) is 36.7 Å². The Bertz CT molecular complexity index is 844. The third-order valence-electron chi connectivity index (χ3n) is 4.42. The van der Waals surface area contributed by atoms with Crippen molar-refractivity contribution in [3.63, 3.8) is 0 Å². The maximum atomic E-state index is 6.11. The van der Waals surface area contributed by atoms with E-state index in [1.807, 2.05) is 6.07 Å². The topological polar surface area (TPSA) is 46.3 Å². The molecule has 0 aromatic carbocycles. The lowest BCUT2D eigenvalue weighted by atomic mass is 10.1. The molecule has 1 saturated heterocycles. The van der Waals surface area contributed by atoms with E-state index in [0.29, 0.717) is 17.6 Å². The van der Waals surface area contributed by atoms with Crippen molar-refractivity contribution < 1.29 is 0 Å². The van der Waals surface area contributed by atoms with Crippen molar-refractivity contribution in [3.8, 4) is 0 Å². The number of halogens is 1. The van der Waals surface area contributed by atoms with E-state index in [4.69, 9.17) is 16.6 Å². The number of imidazole rings is 1. The molecule has 4 rings (SSSR count). The molecule has 3 aromatic heterocycles. The summed E-state index contributed by atoms with van der Waals surface area (Å²) in [6.07, 6.45) is 6.71. The smallest absolute Gasteiger partial charge is 0.157 e. The van der Waals surface area contributed by atoms with Crippen LogP contribution in [0.1, 0.15) is 31.0 Å². The molecule has 4 heterocycles. The number of aromatic nitrogens is 4. The van der Waals surface area contributed by atoms with Gasteiger partial charge in [0.15, 0.2) is 5.65 Å². The lowest BCUT2D eigenvalue weighted by molar-refractivity contribution is 0.725. The Kier molecular flexibility index (Phi) is 3.65. The van der Waals surface area contributed by atoms with E-state index in [1.165, 1.54) is 12.8 Å². The van der Waals surface area contributed by atoms with Crippen LogP contribution in [-0.2, 0) is 6.42 Å². The van der Waals surface area contributed by atoms with Gasteiger partial charge in [0.25, 0.3) is 0 Å². The summed E-state index contributed by atoms with van der Waals surface area (Å²) >= 11 is 6.11. The van der Waals surface area contributed by atoms with Gasteiger partial charge in [-0.1, -0.05) is 17.7 Å². The molecular formula is C17H18ClN5. The molecule has 0 N–H and O–H groups in total. The Morgan fingerprint density at radius 3 is 3.09 bits per heavy atom. The maximum absolute atomic E-state index is 6.11. The van der Waals surface area contributed by atoms with E-state index in [2.05, 4.69) is 40.1 Å². The van der Waals surface area contributed by atoms with E-state index in [-0.39, 0.29) is 0 Å². The van der Waals surface area contributed by atoms with E-state index < -0.39 is 0 Å². The maximum Gasteiger partial charge on any atom is 0.157 e. The molecule has 6 heteroatoms. The highest BCUT2D eigenvalue weighted by Crippen LogP contribution is 2.24. The van der Waals surface area contributed by atoms with Gasteiger partial charge in [-0.2, -0.15) is 5.10 Å². The van der Waals surface area contributed by atoms with Gasteiger partial charge in [-0.25, -0.2) is 14.5 Å². The number of nitrogens with zero attached hydrogens (tertiary/aromatic N) is 5. The van der Waals surface area contributed by atoms with Crippen molar-refractivity contribution in [1.82, 2.24) is 19.6 Å². The van der Waals surface area contributed by atoms with E-state index >= 15 is 0 Å². The first kappa shape index (κ1) is 14.5. The standard InChI is InChI=1S/C17H18ClN5/c1-12-4-3-8-22(12)16-6-2-5-14(20-16)10-13-11-15(18)21-23-9-7-19-17(13)23/h2,5-7,9,11-12H,3-4,8,10H2,1H3/t12-/m0/s1. The van der Waals surface area contributed by atoms with E-state index in [0.717, 1.165) is 29.3 Å². The molecule has 0 spiro atoms. The van der Waals surface area contributed by atoms with Crippen molar-refractivity contribution >= 4 is 23.1 Å². The number of fused-ring (bicyclic) bond motifs is 1. The molecular weight excluding hydrogens is 310 g/mol. The minimum Gasteiger partial charge on any atom is -0.354 e. The van der Waals surface area contributed by atoms with Crippen LogP contribution < -0.4 is 4.90 Å². The first-order valence-corrected chi connectivity index (χ1v) is 8.30. The Morgan fingerprint density at radius 2 is 2.26 bits per heavy atom. The van der Waals surface area contributed by atoms with Crippen LogP contribution in [0.3, 0.4) is 0 Å². The third-order valence-corrected chi connectivity index (χ3v) is 4.60. The van der Waals surface area contributed by atoms with Crippen molar-refractivity contribution in [2.24, 2.45) is 0 Å². The van der Waals surface area contributed by atoms with Crippen molar-refractivity contribution in [3.05, 3.63) is 53.1 Å². The summed E-state index contributed by atoms with van der Waals surface area (Å²) in [7, 11) is 0. The summed E-state index contributed by atoms with van der Waals surface area (Å²) in [4.78, 5) is 11.6. The Balaban J connectivity index is 1.67. The molecule has 0 saturated carbocycles. The Morgan fingerprint density at radius 1 is 1.35 bits per heavy atom. The molecule has 1 aliphatic heterocycles. The average Bonchev–Trinajstić information content (AvgIpc) is 3.16. The monoisotopic (exact) mass is 327 g/mol. The lowest BCUT2D eigenvalue weighted by Gasteiger charge is -2.23. The molecule has 1 aliphatic rings. The van der Waals surface area contributed by atoms with Crippen LogP contribution in [0.5, 0.6) is 0 Å². The van der Waals surface area contributed by atoms with Gasteiger partial charge >= 0.3 is 0 Å². The lowest BCUT2D eigenvalue weighted by Crippen LogP contribution is -2.27. The first-order chi connectivity index (χ1) is 11.2. The van der Waals surface area contributed by atoms with E-state index in [9.17, 15) is 0 Å². The fourth-order valence-corrected chi connectivity index (χ4v) is 3.49. The zero-order chi connectivity index (χ0) is 15.8. The van der Waals surface area contributed by atoms with Crippen molar-refractivity contribution in [2.75, 3.05) is 11.4 Å². The minimum absolute atomic E-state index is 0.467. The molecule has 0 radical (unpaired) electrons. The zero-order valence-corrected chi connectivity index (χ0v) is 13.7. The SMILES string of the molecule is C[C@H]1CCCN1c1cccc(Cc2cc(Cl)nn3ccnc23)n1. The Hall–Kier alpha value is -2.14. The highest BCUT2D eigenvalue weighted by atomic mass is 35.5. The quantitative estimate of drug-likeness (QED) is 0.740. The number of hydrogen-bond donors (Lipinski definition) is 0. The second kappa shape index (κ2) is 5.81. The highest BCUT2D eigenvalue weighted by molar-refractivity contribution is 6.29. The molecule has 0 unspecified atom stereocenters. The third kappa shape index (κ3) is 2.77. The molecule has 23 heavy (non-hydrogen) atoms. The molecule has 0 aliphatic carbocycles. The van der Waals surface area contributed by atoms with Gasteiger partial charge < -0.3 is 4.90 Å². The van der Waals surface area contributed by atoms with Crippen molar-refractivity contribution in [2.45, 2.75) is 32.2 Å². The number of pyridine rings is 1. The average molecular weight is 328 g/mol. The van der Waals surface area contributed by atoms with Gasteiger partial charge in [0.05, 0.1) is 0 Å².